The molecule has 1 aromatic carbocycles. The summed E-state index contributed by atoms with van der Waals surface area (Å²) in [6.45, 7) is 0. The Kier molecular flexibility index (Phi) is 2.62. The number of hydrogen-bond donors (Lipinski definition) is 0. The molecule has 1 fully saturated rings. The number of hydrogen-bond acceptors (Lipinski definition) is 1. The molecule has 1 aliphatic carbocycles. The summed E-state index contributed by atoms with van der Waals surface area (Å²) in [5.41, 5.74) is 0.581. The van der Waals surface area contributed by atoms with Gasteiger partial charge in [0.05, 0.1) is 0 Å². The van der Waals surface area contributed by atoms with Gasteiger partial charge in [-0.25, -0.2) is 4.39 Å². The van der Waals surface area contributed by atoms with Gasteiger partial charge in [0, 0.05) is 12.3 Å². The lowest BCUT2D eigenvalue weighted by Gasteiger charge is -2.20. The van der Waals surface area contributed by atoms with E-state index in [0.717, 1.165) is 19.3 Å². The fourth-order valence-corrected chi connectivity index (χ4v) is 2.07. The van der Waals surface area contributed by atoms with Crippen LogP contribution in [-0.4, -0.2) is 5.78 Å². The summed E-state index contributed by atoms with van der Waals surface area (Å²) in [5, 5.41) is 0. The fourth-order valence-electron chi connectivity index (χ4n) is 2.07. The quantitative estimate of drug-likeness (QED) is 0.668. The lowest BCUT2D eigenvalue weighted by molar-refractivity contribution is -0.121. The minimum atomic E-state index is -0.243. The molecule has 0 spiro atoms. The van der Waals surface area contributed by atoms with E-state index in [9.17, 15) is 9.18 Å². The molecule has 0 heterocycles. The van der Waals surface area contributed by atoms with Gasteiger partial charge >= 0.3 is 0 Å². The number of benzene rings is 1. The average Bonchev–Trinajstić information content (AvgIpc) is 2.20. The molecule has 2 heteroatoms. The molecule has 1 nitrogen and oxygen atoms in total. The largest absolute Gasteiger partial charge is 0.299 e. The van der Waals surface area contributed by atoms with Gasteiger partial charge in [-0.15, -0.1) is 0 Å². The van der Waals surface area contributed by atoms with E-state index in [2.05, 4.69) is 0 Å². The van der Waals surface area contributed by atoms with Gasteiger partial charge in [0.2, 0.25) is 0 Å². The Morgan fingerprint density at radius 2 is 2.00 bits per heavy atom. The van der Waals surface area contributed by atoms with Gasteiger partial charge in [-0.3, -0.25) is 4.79 Å². The molecule has 1 aliphatic rings. The van der Waals surface area contributed by atoms with Gasteiger partial charge in [-0.2, -0.15) is 0 Å². The molecule has 74 valence electrons. The van der Waals surface area contributed by atoms with E-state index < -0.39 is 0 Å². The summed E-state index contributed by atoms with van der Waals surface area (Å²) in [6.07, 6.45) is 3.41. The number of ketones is 1. The van der Waals surface area contributed by atoms with Crippen LogP contribution in [0.1, 0.15) is 37.2 Å². The molecule has 0 N–H and O–H groups in total. The lowest BCUT2D eigenvalue weighted by Crippen LogP contribution is -2.17. The second-order valence-electron chi connectivity index (χ2n) is 3.79. The first kappa shape index (κ1) is 9.38. The van der Waals surface area contributed by atoms with Crippen LogP contribution in [0.4, 0.5) is 4.39 Å². The van der Waals surface area contributed by atoms with Crippen molar-refractivity contribution in [1.29, 1.82) is 0 Å². The van der Waals surface area contributed by atoms with Crippen molar-refractivity contribution in [1.82, 2.24) is 0 Å². The third-order valence-corrected chi connectivity index (χ3v) is 2.84. The van der Waals surface area contributed by atoms with Crippen LogP contribution in [0, 0.1) is 5.82 Å². The molecule has 2 rings (SSSR count). The van der Waals surface area contributed by atoms with Crippen LogP contribution in [0.2, 0.25) is 0 Å². The van der Waals surface area contributed by atoms with Gasteiger partial charge in [0.25, 0.3) is 0 Å². The standard InChI is InChI=1S/C12H13FO/c13-11-7-3-1-5-9(11)10-6-2-4-8-12(10)14/h1,3,5,7,10H,2,4,6,8H2. The summed E-state index contributed by atoms with van der Waals surface area (Å²) in [4.78, 5) is 11.6. The van der Waals surface area contributed by atoms with Crippen LogP contribution in [0.3, 0.4) is 0 Å². The van der Waals surface area contributed by atoms with Crippen molar-refractivity contribution in [2.45, 2.75) is 31.6 Å². The van der Waals surface area contributed by atoms with E-state index in [1.54, 1.807) is 18.2 Å². The maximum absolute atomic E-state index is 13.4. The lowest BCUT2D eigenvalue weighted by atomic mass is 9.83. The molecule has 0 amide bonds. The fraction of sp³-hybridized carbons (Fsp3) is 0.417. The van der Waals surface area contributed by atoms with E-state index >= 15 is 0 Å². The Bertz CT molecular complexity index is 346. The number of carbonyl (C=O) groups excluding carboxylic acids is 1. The molecular formula is C12H13FO. The van der Waals surface area contributed by atoms with Gasteiger partial charge in [-0.05, 0) is 24.5 Å². The maximum atomic E-state index is 13.4. The molecular weight excluding hydrogens is 179 g/mol. The number of Topliss-reactive ketones (excluding diaryl/α,β-unsaturated/α-hetero) is 1. The van der Waals surface area contributed by atoms with E-state index in [1.807, 2.05) is 0 Å². The van der Waals surface area contributed by atoms with Gasteiger partial charge < -0.3 is 0 Å². The highest BCUT2D eigenvalue weighted by atomic mass is 19.1. The molecule has 0 bridgehead atoms. The molecule has 1 atom stereocenters. The molecule has 0 radical (unpaired) electrons. The molecule has 1 saturated carbocycles. The van der Waals surface area contributed by atoms with Crippen LogP contribution < -0.4 is 0 Å². The summed E-state index contributed by atoms with van der Waals surface area (Å²) in [6, 6.07) is 6.60. The van der Waals surface area contributed by atoms with E-state index in [1.165, 1.54) is 6.07 Å². The highest BCUT2D eigenvalue weighted by molar-refractivity contribution is 5.86. The summed E-state index contributed by atoms with van der Waals surface area (Å²) >= 11 is 0. The molecule has 0 aromatic heterocycles. The Morgan fingerprint density at radius 3 is 2.71 bits per heavy atom. The summed E-state index contributed by atoms with van der Waals surface area (Å²) < 4.78 is 13.4. The first-order chi connectivity index (χ1) is 6.79. The second-order valence-corrected chi connectivity index (χ2v) is 3.79. The predicted octanol–water partition coefficient (Wildman–Crippen LogP) is 3.05. The van der Waals surface area contributed by atoms with E-state index in [-0.39, 0.29) is 17.5 Å². The number of carbonyl (C=O) groups is 1. The van der Waals surface area contributed by atoms with Crippen LogP contribution in [0.25, 0.3) is 0 Å². The smallest absolute Gasteiger partial charge is 0.140 e. The van der Waals surface area contributed by atoms with Crippen molar-refractivity contribution in [2.75, 3.05) is 0 Å². The molecule has 0 saturated heterocycles. The summed E-state index contributed by atoms with van der Waals surface area (Å²) in [7, 11) is 0. The summed E-state index contributed by atoms with van der Waals surface area (Å²) in [5.74, 6) is -0.237. The zero-order chi connectivity index (χ0) is 9.97. The third kappa shape index (κ3) is 1.69. The average molecular weight is 192 g/mol. The first-order valence-electron chi connectivity index (χ1n) is 5.06. The van der Waals surface area contributed by atoms with Crippen LogP contribution in [0.5, 0.6) is 0 Å². The minimum Gasteiger partial charge on any atom is -0.299 e. The zero-order valence-electron chi connectivity index (χ0n) is 8.00. The van der Waals surface area contributed by atoms with Crippen molar-refractivity contribution >= 4 is 5.78 Å². The van der Waals surface area contributed by atoms with E-state index in [0.29, 0.717) is 12.0 Å². The highest BCUT2D eigenvalue weighted by Crippen LogP contribution is 2.31. The molecule has 1 unspecified atom stereocenters. The van der Waals surface area contributed by atoms with Gasteiger partial charge in [0.15, 0.2) is 0 Å². The number of halogens is 1. The predicted molar refractivity (Wildman–Crippen MR) is 52.6 cm³/mol. The highest BCUT2D eigenvalue weighted by Gasteiger charge is 2.25. The monoisotopic (exact) mass is 192 g/mol. The first-order valence-corrected chi connectivity index (χ1v) is 5.06. The van der Waals surface area contributed by atoms with Crippen LogP contribution in [-0.2, 0) is 4.79 Å². The van der Waals surface area contributed by atoms with Crippen molar-refractivity contribution in [3.63, 3.8) is 0 Å². The Morgan fingerprint density at radius 1 is 1.21 bits per heavy atom. The maximum Gasteiger partial charge on any atom is 0.140 e. The van der Waals surface area contributed by atoms with Gasteiger partial charge in [0.1, 0.15) is 11.6 Å². The minimum absolute atomic E-state index is 0.190. The molecule has 14 heavy (non-hydrogen) atoms. The SMILES string of the molecule is O=C1CCCCC1c1ccccc1F. The van der Waals surface area contributed by atoms with Crippen LogP contribution >= 0.6 is 0 Å². The van der Waals surface area contributed by atoms with Crippen LogP contribution in [0.15, 0.2) is 24.3 Å². The molecule has 1 aromatic rings. The Labute approximate surface area is 82.9 Å². The Hall–Kier alpha value is -1.18. The van der Waals surface area contributed by atoms with Crippen molar-refractivity contribution in [2.24, 2.45) is 0 Å². The van der Waals surface area contributed by atoms with Gasteiger partial charge in [-0.1, -0.05) is 24.6 Å². The topological polar surface area (TPSA) is 17.1 Å². The Balaban J connectivity index is 2.29. The number of rotatable bonds is 1. The van der Waals surface area contributed by atoms with Crippen molar-refractivity contribution in [3.8, 4) is 0 Å². The van der Waals surface area contributed by atoms with Crippen molar-refractivity contribution < 1.29 is 9.18 Å². The normalized spacial score (nSPS) is 22.4. The third-order valence-electron chi connectivity index (χ3n) is 2.84. The van der Waals surface area contributed by atoms with Crippen molar-refractivity contribution in [3.05, 3.63) is 35.6 Å². The zero-order valence-corrected chi connectivity index (χ0v) is 8.00. The second kappa shape index (κ2) is 3.91. The molecule has 0 aliphatic heterocycles. The van der Waals surface area contributed by atoms with E-state index in [4.69, 9.17) is 0 Å².